The summed E-state index contributed by atoms with van der Waals surface area (Å²) in [7, 11) is 1.78. The van der Waals surface area contributed by atoms with E-state index in [9.17, 15) is 4.79 Å². The SMILES string of the molecule is Cn1cc(I)c(C(=O)N/N=C/CCc2ccccc2)n1. The third-order valence-corrected chi connectivity index (χ3v) is 3.45. The molecule has 0 aliphatic heterocycles. The molecule has 0 spiro atoms. The summed E-state index contributed by atoms with van der Waals surface area (Å²) in [5.74, 6) is -0.286. The molecular weight excluding hydrogens is 367 g/mol. The van der Waals surface area contributed by atoms with E-state index in [1.54, 1.807) is 24.1 Å². The monoisotopic (exact) mass is 382 g/mol. The van der Waals surface area contributed by atoms with E-state index < -0.39 is 0 Å². The second-order valence-corrected chi connectivity index (χ2v) is 5.44. The number of benzene rings is 1. The summed E-state index contributed by atoms with van der Waals surface area (Å²) in [5.41, 5.74) is 4.14. The van der Waals surface area contributed by atoms with Crippen molar-refractivity contribution in [2.75, 3.05) is 0 Å². The van der Waals surface area contributed by atoms with Crippen molar-refractivity contribution in [1.29, 1.82) is 0 Å². The molecule has 5 nitrogen and oxygen atoms in total. The maximum absolute atomic E-state index is 11.8. The van der Waals surface area contributed by atoms with Gasteiger partial charge < -0.3 is 0 Å². The number of rotatable bonds is 5. The van der Waals surface area contributed by atoms with E-state index in [-0.39, 0.29) is 5.91 Å². The van der Waals surface area contributed by atoms with Crippen molar-refractivity contribution in [2.45, 2.75) is 12.8 Å². The Balaban J connectivity index is 1.79. The van der Waals surface area contributed by atoms with Gasteiger partial charge in [-0.2, -0.15) is 10.2 Å². The molecular formula is C14H15IN4O. The normalized spacial score (nSPS) is 10.9. The molecule has 0 fully saturated rings. The molecule has 1 aromatic carbocycles. The van der Waals surface area contributed by atoms with E-state index in [0.717, 1.165) is 16.4 Å². The predicted octanol–water partition coefficient (Wildman–Crippen LogP) is 2.37. The highest BCUT2D eigenvalue weighted by molar-refractivity contribution is 14.1. The van der Waals surface area contributed by atoms with Crippen LogP contribution in [0, 0.1) is 3.57 Å². The Morgan fingerprint density at radius 3 is 2.85 bits per heavy atom. The quantitative estimate of drug-likeness (QED) is 0.491. The summed E-state index contributed by atoms with van der Waals surface area (Å²) in [6.07, 6.45) is 5.18. The van der Waals surface area contributed by atoms with Gasteiger partial charge in [-0.3, -0.25) is 9.48 Å². The first-order chi connectivity index (χ1) is 9.66. The second-order valence-electron chi connectivity index (χ2n) is 4.28. The summed E-state index contributed by atoms with van der Waals surface area (Å²) >= 11 is 2.08. The fourth-order valence-electron chi connectivity index (χ4n) is 1.71. The highest BCUT2D eigenvalue weighted by Crippen LogP contribution is 2.08. The van der Waals surface area contributed by atoms with Crippen LogP contribution in [0.25, 0.3) is 0 Å². The number of hydrazone groups is 1. The number of hydrogen-bond donors (Lipinski definition) is 1. The maximum atomic E-state index is 11.8. The van der Waals surface area contributed by atoms with Crippen LogP contribution in [0.4, 0.5) is 0 Å². The summed E-state index contributed by atoms with van der Waals surface area (Å²) in [4.78, 5) is 11.8. The molecule has 0 aliphatic carbocycles. The van der Waals surface area contributed by atoms with Crippen LogP contribution >= 0.6 is 22.6 Å². The number of aromatic nitrogens is 2. The van der Waals surface area contributed by atoms with Crippen molar-refractivity contribution < 1.29 is 4.79 Å². The number of aryl methyl sites for hydroxylation is 2. The summed E-state index contributed by atoms with van der Waals surface area (Å²) < 4.78 is 2.41. The minimum absolute atomic E-state index is 0.286. The lowest BCUT2D eigenvalue weighted by Crippen LogP contribution is -2.19. The molecule has 0 unspecified atom stereocenters. The first-order valence-electron chi connectivity index (χ1n) is 6.22. The van der Waals surface area contributed by atoms with Crippen LogP contribution in [0.1, 0.15) is 22.5 Å². The Morgan fingerprint density at radius 2 is 2.20 bits per heavy atom. The van der Waals surface area contributed by atoms with Crippen LogP contribution in [0.2, 0.25) is 0 Å². The van der Waals surface area contributed by atoms with Crippen LogP contribution in [-0.4, -0.2) is 21.9 Å². The fraction of sp³-hybridized carbons (Fsp3) is 0.214. The Kier molecular flexibility index (Phi) is 5.28. The van der Waals surface area contributed by atoms with Crippen molar-refractivity contribution in [2.24, 2.45) is 12.1 Å². The standard InChI is InChI=1S/C14H15IN4O/c1-19-10-12(15)13(18-19)14(20)17-16-9-5-8-11-6-3-2-4-7-11/h2-4,6-7,9-10H,5,8H2,1H3,(H,17,20)/b16-9+. The number of hydrogen-bond acceptors (Lipinski definition) is 3. The molecule has 0 saturated heterocycles. The molecule has 2 aromatic rings. The van der Waals surface area contributed by atoms with Gasteiger partial charge in [0.25, 0.3) is 5.91 Å². The topological polar surface area (TPSA) is 59.3 Å². The van der Waals surface area contributed by atoms with Gasteiger partial charge in [0.2, 0.25) is 0 Å². The zero-order valence-corrected chi connectivity index (χ0v) is 13.2. The number of nitrogens with zero attached hydrogens (tertiary/aromatic N) is 3. The Bertz CT molecular complexity index is 607. The predicted molar refractivity (Wildman–Crippen MR) is 86.6 cm³/mol. The molecule has 1 aromatic heterocycles. The fourth-order valence-corrected chi connectivity index (χ4v) is 2.47. The molecule has 1 amide bonds. The smallest absolute Gasteiger partial charge is 0.274 e. The first-order valence-corrected chi connectivity index (χ1v) is 7.29. The average molecular weight is 382 g/mol. The largest absolute Gasteiger partial charge is 0.292 e. The van der Waals surface area contributed by atoms with Crippen molar-refractivity contribution in [3.8, 4) is 0 Å². The zero-order valence-electron chi connectivity index (χ0n) is 11.1. The summed E-state index contributed by atoms with van der Waals surface area (Å²) in [6, 6.07) is 10.2. The van der Waals surface area contributed by atoms with Crippen LogP contribution in [-0.2, 0) is 13.5 Å². The van der Waals surface area contributed by atoms with E-state index >= 15 is 0 Å². The van der Waals surface area contributed by atoms with Crippen molar-refractivity contribution >= 4 is 34.7 Å². The third-order valence-electron chi connectivity index (χ3n) is 2.66. The van der Waals surface area contributed by atoms with Gasteiger partial charge in [-0.15, -0.1) is 0 Å². The lowest BCUT2D eigenvalue weighted by Gasteiger charge is -1.97. The molecule has 20 heavy (non-hydrogen) atoms. The van der Waals surface area contributed by atoms with Gasteiger partial charge in [0.05, 0.1) is 3.57 Å². The van der Waals surface area contributed by atoms with Gasteiger partial charge >= 0.3 is 0 Å². The number of carbonyl (C=O) groups is 1. The van der Waals surface area contributed by atoms with Crippen LogP contribution in [0.5, 0.6) is 0 Å². The number of amides is 1. The van der Waals surface area contributed by atoms with E-state index in [1.807, 2.05) is 18.2 Å². The highest BCUT2D eigenvalue weighted by atomic mass is 127. The van der Waals surface area contributed by atoms with Gasteiger partial charge in [0, 0.05) is 19.5 Å². The summed E-state index contributed by atoms with van der Waals surface area (Å²) in [6.45, 7) is 0. The lowest BCUT2D eigenvalue weighted by atomic mass is 10.1. The van der Waals surface area contributed by atoms with Crippen LogP contribution < -0.4 is 5.43 Å². The molecule has 1 N–H and O–H groups in total. The first kappa shape index (κ1) is 14.7. The molecule has 6 heteroatoms. The van der Waals surface area contributed by atoms with E-state index in [4.69, 9.17) is 0 Å². The lowest BCUT2D eigenvalue weighted by molar-refractivity contribution is 0.0948. The molecule has 0 atom stereocenters. The van der Waals surface area contributed by atoms with Gasteiger partial charge in [0.1, 0.15) is 0 Å². The van der Waals surface area contributed by atoms with Gasteiger partial charge in [0.15, 0.2) is 5.69 Å². The molecule has 0 aliphatic rings. The van der Waals surface area contributed by atoms with E-state index in [2.05, 4.69) is 50.3 Å². The minimum Gasteiger partial charge on any atom is -0.274 e. The van der Waals surface area contributed by atoms with Crippen molar-refractivity contribution in [1.82, 2.24) is 15.2 Å². The number of nitrogens with one attached hydrogen (secondary N) is 1. The molecule has 0 radical (unpaired) electrons. The average Bonchev–Trinajstić information content (AvgIpc) is 2.78. The molecule has 0 bridgehead atoms. The maximum Gasteiger partial charge on any atom is 0.292 e. The van der Waals surface area contributed by atoms with Gasteiger partial charge in [-0.05, 0) is 41.0 Å². The molecule has 1 heterocycles. The van der Waals surface area contributed by atoms with Crippen molar-refractivity contribution in [3.63, 3.8) is 0 Å². The Labute approximate surface area is 131 Å². The van der Waals surface area contributed by atoms with Crippen LogP contribution in [0.15, 0.2) is 41.6 Å². The van der Waals surface area contributed by atoms with Gasteiger partial charge in [-0.1, -0.05) is 30.3 Å². The highest BCUT2D eigenvalue weighted by Gasteiger charge is 2.12. The number of halogens is 1. The zero-order chi connectivity index (χ0) is 14.4. The number of carbonyl (C=O) groups excluding carboxylic acids is 1. The third kappa shape index (κ3) is 4.16. The van der Waals surface area contributed by atoms with E-state index in [0.29, 0.717) is 5.69 Å². The molecule has 104 valence electrons. The molecule has 2 rings (SSSR count). The van der Waals surface area contributed by atoms with E-state index in [1.165, 1.54) is 5.56 Å². The summed E-state index contributed by atoms with van der Waals surface area (Å²) in [5, 5.41) is 8.02. The minimum atomic E-state index is -0.286. The van der Waals surface area contributed by atoms with Gasteiger partial charge in [-0.25, -0.2) is 5.43 Å². The van der Waals surface area contributed by atoms with Crippen molar-refractivity contribution in [3.05, 3.63) is 51.4 Å². The van der Waals surface area contributed by atoms with Crippen LogP contribution in [0.3, 0.4) is 0 Å². The second kappa shape index (κ2) is 7.18. The Morgan fingerprint density at radius 1 is 1.45 bits per heavy atom. The Hall–Kier alpha value is -1.70. The molecule has 0 saturated carbocycles.